The van der Waals surface area contributed by atoms with Crippen LogP contribution in [-0.2, 0) is 6.54 Å². The topological polar surface area (TPSA) is 65.7 Å². The Bertz CT molecular complexity index is 641. The Kier molecular flexibility index (Phi) is 11.6. The van der Waals surface area contributed by atoms with Crippen molar-refractivity contribution in [2.75, 3.05) is 26.2 Å². The second kappa shape index (κ2) is 13.7. The van der Waals surface area contributed by atoms with Gasteiger partial charge in [0, 0.05) is 19.1 Å². The predicted octanol–water partition coefficient (Wildman–Crippen LogP) is 5.04. The van der Waals surface area contributed by atoms with E-state index in [1.54, 1.807) is 0 Å². The lowest BCUT2D eigenvalue weighted by Crippen LogP contribution is -2.45. The van der Waals surface area contributed by atoms with Crippen LogP contribution in [0.4, 0.5) is 0 Å². The van der Waals surface area contributed by atoms with E-state index in [4.69, 9.17) is 9.41 Å². The molecule has 0 unspecified atom stereocenters. The minimum Gasteiger partial charge on any atom is -0.444 e. The highest BCUT2D eigenvalue weighted by Gasteiger charge is 2.23. The van der Waals surface area contributed by atoms with Crippen molar-refractivity contribution in [2.24, 2.45) is 16.8 Å². The molecular formula is C24H44IN5O. The number of rotatable bonds is 8. The maximum atomic E-state index is 5.75. The third kappa shape index (κ3) is 8.56. The van der Waals surface area contributed by atoms with E-state index in [0.29, 0.717) is 12.0 Å². The van der Waals surface area contributed by atoms with Crippen LogP contribution in [-0.4, -0.2) is 48.1 Å². The summed E-state index contributed by atoms with van der Waals surface area (Å²) < 4.78 is 5.75. The van der Waals surface area contributed by atoms with Crippen LogP contribution in [0.3, 0.4) is 0 Å². The van der Waals surface area contributed by atoms with Crippen LogP contribution < -0.4 is 10.6 Å². The smallest absolute Gasteiger partial charge is 0.208 e. The molecule has 1 saturated carbocycles. The van der Waals surface area contributed by atoms with Gasteiger partial charge in [-0.25, -0.2) is 4.98 Å². The second-order valence-electron chi connectivity index (χ2n) is 9.34. The molecular weight excluding hydrogens is 501 g/mol. The van der Waals surface area contributed by atoms with Crippen molar-refractivity contribution in [3.8, 4) is 0 Å². The highest BCUT2D eigenvalue weighted by atomic mass is 127. The fourth-order valence-electron chi connectivity index (χ4n) is 4.86. The number of guanidine groups is 1. The molecule has 2 N–H and O–H groups in total. The van der Waals surface area contributed by atoms with Gasteiger partial charge in [-0.3, -0.25) is 9.89 Å². The Labute approximate surface area is 206 Å². The summed E-state index contributed by atoms with van der Waals surface area (Å²) >= 11 is 0. The van der Waals surface area contributed by atoms with Crippen molar-refractivity contribution in [3.05, 3.63) is 17.3 Å². The fourth-order valence-corrected chi connectivity index (χ4v) is 4.86. The Morgan fingerprint density at radius 1 is 1.06 bits per heavy atom. The molecule has 0 bridgehead atoms. The van der Waals surface area contributed by atoms with Crippen molar-refractivity contribution in [2.45, 2.75) is 91.6 Å². The third-order valence-electron chi connectivity index (χ3n) is 6.88. The Morgan fingerprint density at radius 3 is 2.35 bits per heavy atom. The number of likely N-dealkylation sites (tertiary alicyclic amines) is 1. The van der Waals surface area contributed by atoms with Gasteiger partial charge >= 0.3 is 0 Å². The van der Waals surface area contributed by atoms with Crippen LogP contribution in [0.5, 0.6) is 0 Å². The highest BCUT2D eigenvalue weighted by Crippen LogP contribution is 2.27. The average Bonchev–Trinajstić information content (AvgIpc) is 3.06. The molecule has 2 aliphatic rings. The SMILES string of the molecule is CCCC1CCC(NC(=NCC2CCN(Cc3nc(C)c(C)o3)CC2)NCC)CC1.I. The molecule has 6 nitrogen and oxygen atoms in total. The number of aromatic nitrogens is 1. The summed E-state index contributed by atoms with van der Waals surface area (Å²) in [5, 5.41) is 7.18. The molecule has 1 aliphatic heterocycles. The van der Waals surface area contributed by atoms with E-state index in [-0.39, 0.29) is 24.0 Å². The van der Waals surface area contributed by atoms with Gasteiger partial charge in [-0.2, -0.15) is 0 Å². The zero-order valence-corrected chi connectivity index (χ0v) is 22.4. The van der Waals surface area contributed by atoms with Crippen molar-refractivity contribution in [3.63, 3.8) is 0 Å². The minimum absolute atomic E-state index is 0. The number of hydrogen-bond donors (Lipinski definition) is 2. The molecule has 2 heterocycles. The van der Waals surface area contributed by atoms with Crippen LogP contribution in [0.25, 0.3) is 0 Å². The molecule has 0 amide bonds. The Balaban J connectivity index is 0.00000341. The minimum atomic E-state index is 0. The summed E-state index contributed by atoms with van der Waals surface area (Å²) in [6, 6.07) is 0.588. The Morgan fingerprint density at radius 2 is 1.77 bits per heavy atom. The van der Waals surface area contributed by atoms with Crippen molar-refractivity contribution < 1.29 is 4.42 Å². The summed E-state index contributed by atoms with van der Waals surface area (Å²) in [5.74, 6) is 4.43. The average molecular weight is 546 g/mol. The molecule has 2 fully saturated rings. The molecule has 1 aliphatic carbocycles. The number of aliphatic imine (C=N–C) groups is 1. The van der Waals surface area contributed by atoms with Crippen LogP contribution in [0.1, 0.15) is 82.6 Å². The predicted molar refractivity (Wildman–Crippen MR) is 139 cm³/mol. The number of aryl methyl sites for hydroxylation is 2. The van der Waals surface area contributed by atoms with Gasteiger partial charge in [-0.1, -0.05) is 19.8 Å². The van der Waals surface area contributed by atoms with Gasteiger partial charge in [-0.15, -0.1) is 24.0 Å². The number of nitrogens with zero attached hydrogens (tertiary/aromatic N) is 3. The fraction of sp³-hybridized carbons (Fsp3) is 0.833. The standard InChI is InChI=1S/C24H43N5O.HI/c1-5-7-20-8-10-22(11-9-20)28-24(25-6-2)26-16-21-12-14-29(15-13-21)17-23-27-18(3)19(4)30-23;/h20-22H,5-17H2,1-4H3,(H2,25,26,28);1H. The normalized spacial score (nSPS) is 23.4. The second-order valence-corrected chi connectivity index (χ2v) is 9.34. The number of nitrogens with one attached hydrogen (secondary N) is 2. The van der Waals surface area contributed by atoms with E-state index in [1.165, 1.54) is 51.4 Å². The van der Waals surface area contributed by atoms with Gasteiger partial charge in [0.2, 0.25) is 5.89 Å². The van der Waals surface area contributed by atoms with Crippen molar-refractivity contribution in [1.82, 2.24) is 20.5 Å². The summed E-state index contributed by atoms with van der Waals surface area (Å²) in [4.78, 5) is 11.9. The van der Waals surface area contributed by atoms with E-state index in [0.717, 1.165) is 61.9 Å². The summed E-state index contributed by atoms with van der Waals surface area (Å²) in [5.41, 5.74) is 1.01. The van der Waals surface area contributed by atoms with Crippen LogP contribution >= 0.6 is 24.0 Å². The molecule has 0 radical (unpaired) electrons. The molecule has 178 valence electrons. The molecule has 1 aromatic heterocycles. The van der Waals surface area contributed by atoms with E-state index in [1.807, 2.05) is 13.8 Å². The van der Waals surface area contributed by atoms with E-state index in [9.17, 15) is 0 Å². The molecule has 1 saturated heterocycles. The zero-order chi connectivity index (χ0) is 21.3. The molecule has 7 heteroatoms. The zero-order valence-electron chi connectivity index (χ0n) is 20.1. The largest absolute Gasteiger partial charge is 0.444 e. The van der Waals surface area contributed by atoms with E-state index >= 15 is 0 Å². The first-order chi connectivity index (χ1) is 14.6. The van der Waals surface area contributed by atoms with Crippen molar-refractivity contribution in [1.29, 1.82) is 0 Å². The lowest BCUT2D eigenvalue weighted by molar-refractivity contribution is 0.166. The summed E-state index contributed by atoms with van der Waals surface area (Å²) in [7, 11) is 0. The van der Waals surface area contributed by atoms with Gasteiger partial charge in [0.05, 0.1) is 12.2 Å². The molecule has 0 spiro atoms. The molecule has 0 atom stereocenters. The molecule has 3 rings (SSSR count). The van der Waals surface area contributed by atoms with E-state index < -0.39 is 0 Å². The molecule has 31 heavy (non-hydrogen) atoms. The first-order valence-electron chi connectivity index (χ1n) is 12.3. The number of piperidine rings is 1. The number of halogens is 1. The lowest BCUT2D eigenvalue weighted by Gasteiger charge is -2.31. The number of oxazole rings is 1. The van der Waals surface area contributed by atoms with Gasteiger partial charge in [0.15, 0.2) is 5.96 Å². The van der Waals surface area contributed by atoms with Gasteiger partial charge in [-0.05, 0) is 84.2 Å². The first-order valence-corrected chi connectivity index (χ1v) is 12.3. The van der Waals surface area contributed by atoms with E-state index in [2.05, 4.69) is 34.4 Å². The number of hydrogen-bond acceptors (Lipinski definition) is 4. The van der Waals surface area contributed by atoms with Crippen LogP contribution in [0, 0.1) is 25.7 Å². The maximum absolute atomic E-state index is 5.75. The molecule has 0 aromatic carbocycles. The van der Waals surface area contributed by atoms with Crippen molar-refractivity contribution >= 4 is 29.9 Å². The first kappa shape index (κ1) is 26.4. The summed E-state index contributed by atoms with van der Waals surface area (Å²) in [6.45, 7) is 13.3. The van der Waals surface area contributed by atoms with Crippen LogP contribution in [0.15, 0.2) is 9.41 Å². The quantitative estimate of drug-likeness (QED) is 0.273. The monoisotopic (exact) mass is 545 g/mol. The third-order valence-corrected chi connectivity index (χ3v) is 6.88. The molecule has 1 aromatic rings. The van der Waals surface area contributed by atoms with Crippen LogP contribution in [0.2, 0.25) is 0 Å². The van der Waals surface area contributed by atoms with Gasteiger partial charge < -0.3 is 15.1 Å². The highest BCUT2D eigenvalue weighted by molar-refractivity contribution is 14.0. The Hall–Kier alpha value is -0.830. The van der Waals surface area contributed by atoms with Gasteiger partial charge in [0.25, 0.3) is 0 Å². The maximum Gasteiger partial charge on any atom is 0.208 e. The van der Waals surface area contributed by atoms with Gasteiger partial charge in [0.1, 0.15) is 5.76 Å². The summed E-state index contributed by atoms with van der Waals surface area (Å²) in [6.07, 6.45) is 10.4. The lowest BCUT2D eigenvalue weighted by atomic mass is 9.83.